The van der Waals surface area contributed by atoms with Crippen LogP contribution in [0.4, 0.5) is 5.69 Å². The van der Waals surface area contributed by atoms with Gasteiger partial charge in [-0.05, 0) is 35.9 Å². The van der Waals surface area contributed by atoms with Crippen LogP contribution in [0.15, 0.2) is 48.5 Å². The first-order chi connectivity index (χ1) is 10.7. The van der Waals surface area contributed by atoms with Gasteiger partial charge in [0.05, 0.1) is 0 Å². The number of benzene rings is 2. The van der Waals surface area contributed by atoms with Crippen molar-refractivity contribution in [2.24, 2.45) is 0 Å². The van der Waals surface area contributed by atoms with Gasteiger partial charge in [-0.3, -0.25) is 4.79 Å². The first-order valence-electron chi connectivity index (χ1n) is 6.88. The summed E-state index contributed by atoms with van der Waals surface area (Å²) in [7, 11) is 0. The lowest BCUT2D eigenvalue weighted by atomic mass is 10.2. The van der Waals surface area contributed by atoms with E-state index in [0.29, 0.717) is 30.4 Å². The Morgan fingerprint density at radius 3 is 2.73 bits per heavy atom. The molecule has 0 saturated heterocycles. The Bertz CT molecular complexity index is 724. The SMILES string of the molecule is O=C(/C=C/c1ccc2c(c1)OCCO2)Nc1cccc(O)c1. The molecular weight excluding hydrogens is 282 g/mol. The second-order valence-electron chi connectivity index (χ2n) is 4.78. The van der Waals surface area contributed by atoms with Gasteiger partial charge in [0.15, 0.2) is 11.5 Å². The molecule has 1 amide bonds. The Kier molecular flexibility index (Phi) is 3.96. The number of amides is 1. The molecule has 2 N–H and O–H groups in total. The van der Waals surface area contributed by atoms with Crippen molar-refractivity contribution in [1.82, 2.24) is 0 Å². The molecule has 3 rings (SSSR count). The zero-order valence-electron chi connectivity index (χ0n) is 11.8. The minimum absolute atomic E-state index is 0.105. The first-order valence-corrected chi connectivity index (χ1v) is 6.88. The molecule has 5 nitrogen and oxygen atoms in total. The summed E-state index contributed by atoms with van der Waals surface area (Å²) < 4.78 is 10.9. The van der Waals surface area contributed by atoms with Gasteiger partial charge in [-0.1, -0.05) is 12.1 Å². The topological polar surface area (TPSA) is 67.8 Å². The van der Waals surface area contributed by atoms with Crippen molar-refractivity contribution in [1.29, 1.82) is 0 Å². The van der Waals surface area contributed by atoms with Gasteiger partial charge in [-0.15, -0.1) is 0 Å². The van der Waals surface area contributed by atoms with Gasteiger partial charge < -0.3 is 19.9 Å². The molecule has 0 atom stereocenters. The molecule has 22 heavy (non-hydrogen) atoms. The molecule has 0 spiro atoms. The van der Waals surface area contributed by atoms with E-state index in [-0.39, 0.29) is 11.7 Å². The van der Waals surface area contributed by atoms with E-state index in [1.165, 1.54) is 12.1 Å². The summed E-state index contributed by atoms with van der Waals surface area (Å²) in [5, 5.41) is 12.0. The molecule has 0 saturated carbocycles. The van der Waals surface area contributed by atoms with Gasteiger partial charge in [0.25, 0.3) is 0 Å². The van der Waals surface area contributed by atoms with Crippen LogP contribution in [0, 0.1) is 0 Å². The highest BCUT2D eigenvalue weighted by Crippen LogP contribution is 2.31. The Labute approximate surface area is 127 Å². The standard InChI is InChI=1S/C17H15NO4/c19-14-3-1-2-13(11-14)18-17(20)7-5-12-4-6-15-16(10-12)22-9-8-21-15/h1-7,10-11,19H,8-9H2,(H,18,20)/b7-5+. The van der Waals surface area contributed by atoms with Crippen molar-refractivity contribution in [2.45, 2.75) is 0 Å². The summed E-state index contributed by atoms with van der Waals surface area (Å²) in [6.45, 7) is 1.08. The molecule has 0 fully saturated rings. The minimum Gasteiger partial charge on any atom is -0.508 e. The lowest BCUT2D eigenvalue weighted by Crippen LogP contribution is -2.15. The van der Waals surface area contributed by atoms with E-state index in [9.17, 15) is 9.90 Å². The van der Waals surface area contributed by atoms with Crippen LogP contribution >= 0.6 is 0 Å². The number of phenolic OH excluding ortho intramolecular Hbond substituents is 1. The highest BCUT2D eigenvalue weighted by atomic mass is 16.6. The van der Waals surface area contributed by atoms with Crippen molar-refractivity contribution in [3.63, 3.8) is 0 Å². The highest BCUT2D eigenvalue weighted by molar-refractivity contribution is 6.02. The molecule has 0 aromatic heterocycles. The largest absolute Gasteiger partial charge is 0.508 e. The number of aromatic hydroxyl groups is 1. The van der Waals surface area contributed by atoms with Crippen LogP contribution in [0.25, 0.3) is 6.08 Å². The summed E-state index contributed by atoms with van der Waals surface area (Å²) in [5.41, 5.74) is 1.38. The Balaban J connectivity index is 1.67. The van der Waals surface area contributed by atoms with E-state index < -0.39 is 0 Å². The predicted molar refractivity (Wildman–Crippen MR) is 83.2 cm³/mol. The van der Waals surface area contributed by atoms with Crippen LogP contribution in [0.1, 0.15) is 5.56 Å². The van der Waals surface area contributed by atoms with Gasteiger partial charge in [-0.2, -0.15) is 0 Å². The quantitative estimate of drug-likeness (QED) is 0.855. The number of rotatable bonds is 3. The van der Waals surface area contributed by atoms with Crippen LogP contribution in [0.2, 0.25) is 0 Å². The molecule has 1 heterocycles. The van der Waals surface area contributed by atoms with E-state index in [0.717, 1.165) is 5.56 Å². The second kappa shape index (κ2) is 6.22. The second-order valence-corrected chi connectivity index (χ2v) is 4.78. The molecule has 0 aliphatic carbocycles. The number of carbonyl (C=O) groups is 1. The smallest absolute Gasteiger partial charge is 0.248 e. The van der Waals surface area contributed by atoms with Crippen LogP contribution in [-0.2, 0) is 4.79 Å². The number of nitrogens with one attached hydrogen (secondary N) is 1. The monoisotopic (exact) mass is 297 g/mol. The maximum atomic E-state index is 11.9. The predicted octanol–water partition coefficient (Wildman–Crippen LogP) is 2.82. The molecule has 112 valence electrons. The fourth-order valence-corrected chi connectivity index (χ4v) is 2.10. The molecule has 2 aromatic rings. The number of anilines is 1. The summed E-state index contributed by atoms with van der Waals surface area (Å²) >= 11 is 0. The zero-order valence-corrected chi connectivity index (χ0v) is 11.8. The average molecular weight is 297 g/mol. The van der Waals surface area contributed by atoms with Gasteiger partial charge in [0, 0.05) is 17.8 Å². The normalized spacial score (nSPS) is 13.1. The zero-order chi connectivity index (χ0) is 15.4. The molecule has 0 unspecified atom stereocenters. The molecule has 1 aliphatic heterocycles. The van der Waals surface area contributed by atoms with Crippen molar-refractivity contribution < 1.29 is 19.4 Å². The molecule has 0 bridgehead atoms. The molecule has 1 aliphatic rings. The van der Waals surface area contributed by atoms with E-state index >= 15 is 0 Å². The fourth-order valence-electron chi connectivity index (χ4n) is 2.10. The van der Waals surface area contributed by atoms with Crippen LogP contribution in [0.3, 0.4) is 0 Å². The molecule has 0 radical (unpaired) electrons. The van der Waals surface area contributed by atoms with Crippen LogP contribution in [-0.4, -0.2) is 24.2 Å². The number of phenols is 1. The van der Waals surface area contributed by atoms with Crippen LogP contribution in [0.5, 0.6) is 17.2 Å². The Hall–Kier alpha value is -2.95. The molecular formula is C17H15NO4. The number of carbonyl (C=O) groups excluding carboxylic acids is 1. The lowest BCUT2D eigenvalue weighted by molar-refractivity contribution is -0.111. The summed E-state index contributed by atoms with van der Waals surface area (Å²) in [5.74, 6) is 1.23. The van der Waals surface area contributed by atoms with E-state index in [1.54, 1.807) is 24.3 Å². The summed E-state index contributed by atoms with van der Waals surface area (Å²) in [6.07, 6.45) is 3.12. The van der Waals surface area contributed by atoms with Crippen molar-refractivity contribution in [3.8, 4) is 17.2 Å². The fraction of sp³-hybridized carbons (Fsp3) is 0.118. The number of ether oxygens (including phenoxy) is 2. The summed E-state index contributed by atoms with van der Waals surface area (Å²) in [4.78, 5) is 11.9. The van der Waals surface area contributed by atoms with Gasteiger partial charge in [-0.25, -0.2) is 0 Å². The minimum atomic E-state index is -0.277. The van der Waals surface area contributed by atoms with Crippen molar-refractivity contribution in [2.75, 3.05) is 18.5 Å². The van der Waals surface area contributed by atoms with E-state index in [4.69, 9.17) is 9.47 Å². The lowest BCUT2D eigenvalue weighted by Gasteiger charge is -2.18. The van der Waals surface area contributed by atoms with Gasteiger partial charge in [0.1, 0.15) is 19.0 Å². The average Bonchev–Trinajstić information content (AvgIpc) is 2.53. The molecule has 2 aromatic carbocycles. The third-order valence-electron chi connectivity index (χ3n) is 3.11. The Morgan fingerprint density at radius 1 is 1.09 bits per heavy atom. The Morgan fingerprint density at radius 2 is 1.91 bits per heavy atom. The maximum absolute atomic E-state index is 11.9. The maximum Gasteiger partial charge on any atom is 0.248 e. The first kappa shape index (κ1) is 14.0. The van der Waals surface area contributed by atoms with Crippen LogP contribution < -0.4 is 14.8 Å². The summed E-state index contributed by atoms with van der Waals surface area (Å²) in [6, 6.07) is 11.9. The van der Waals surface area contributed by atoms with Gasteiger partial charge in [0.2, 0.25) is 5.91 Å². The highest BCUT2D eigenvalue weighted by Gasteiger charge is 2.10. The van der Waals surface area contributed by atoms with E-state index in [2.05, 4.69) is 5.32 Å². The molecule has 5 heteroatoms. The van der Waals surface area contributed by atoms with E-state index in [1.807, 2.05) is 18.2 Å². The number of hydrogen-bond acceptors (Lipinski definition) is 4. The van der Waals surface area contributed by atoms with Crippen molar-refractivity contribution >= 4 is 17.7 Å². The van der Waals surface area contributed by atoms with Crippen molar-refractivity contribution in [3.05, 3.63) is 54.1 Å². The van der Waals surface area contributed by atoms with Gasteiger partial charge >= 0.3 is 0 Å². The third kappa shape index (κ3) is 3.38. The number of fused-ring (bicyclic) bond motifs is 1. The number of hydrogen-bond donors (Lipinski definition) is 2. The third-order valence-corrected chi connectivity index (χ3v) is 3.11.